The van der Waals surface area contributed by atoms with Gasteiger partial charge in [-0.25, -0.2) is 14.6 Å². The molecule has 0 spiro atoms. The van der Waals surface area contributed by atoms with Crippen molar-refractivity contribution in [3.8, 4) is 5.95 Å². The molecule has 0 aromatic carbocycles. The van der Waals surface area contributed by atoms with Gasteiger partial charge >= 0.3 is 6.18 Å². The number of halogens is 3. The first kappa shape index (κ1) is 15.6. The van der Waals surface area contributed by atoms with Gasteiger partial charge in [-0.1, -0.05) is 0 Å². The van der Waals surface area contributed by atoms with Crippen molar-refractivity contribution in [3.05, 3.63) is 60.4 Å². The Morgan fingerprint density at radius 3 is 2.58 bits per heavy atom. The van der Waals surface area contributed by atoms with Crippen LogP contribution in [0.3, 0.4) is 0 Å². The maximum atomic E-state index is 12.7. The van der Waals surface area contributed by atoms with Crippen molar-refractivity contribution in [1.82, 2.24) is 24.7 Å². The number of hydrogen-bond donors (Lipinski definition) is 1. The molecule has 3 aromatic rings. The van der Waals surface area contributed by atoms with E-state index in [9.17, 15) is 18.0 Å². The zero-order chi connectivity index (χ0) is 17.2. The molecule has 0 aliphatic rings. The van der Waals surface area contributed by atoms with Crippen LogP contribution >= 0.6 is 0 Å². The van der Waals surface area contributed by atoms with E-state index in [1.807, 2.05) is 0 Å². The highest BCUT2D eigenvalue weighted by Gasteiger charge is 2.31. The average molecular weight is 334 g/mol. The number of nitrogens with zero attached hydrogens (tertiary/aromatic N) is 5. The Morgan fingerprint density at radius 1 is 1.12 bits per heavy atom. The maximum absolute atomic E-state index is 12.7. The maximum Gasteiger partial charge on any atom is 0.417 e. The van der Waals surface area contributed by atoms with Gasteiger partial charge in [-0.3, -0.25) is 9.78 Å². The van der Waals surface area contributed by atoms with Crippen LogP contribution in [-0.4, -0.2) is 30.6 Å². The molecule has 0 radical (unpaired) electrons. The zero-order valence-corrected chi connectivity index (χ0v) is 11.9. The highest BCUT2D eigenvalue weighted by atomic mass is 19.4. The lowest BCUT2D eigenvalue weighted by Gasteiger charge is -2.07. The van der Waals surface area contributed by atoms with Crippen molar-refractivity contribution < 1.29 is 18.0 Å². The normalized spacial score (nSPS) is 11.3. The third-order valence-electron chi connectivity index (χ3n) is 2.93. The van der Waals surface area contributed by atoms with Gasteiger partial charge in [0.1, 0.15) is 0 Å². The van der Waals surface area contributed by atoms with Crippen LogP contribution in [0.1, 0.15) is 15.9 Å². The Morgan fingerprint density at radius 2 is 1.88 bits per heavy atom. The van der Waals surface area contributed by atoms with Crippen molar-refractivity contribution in [2.45, 2.75) is 6.18 Å². The molecule has 10 heteroatoms. The van der Waals surface area contributed by atoms with Crippen LogP contribution in [0.15, 0.2) is 49.3 Å². The molecule has 0 saturated carbocycles. The first-order valence-electron chi connectivity index (χ1n) is 6.59. The Labute approximate surface area is 133 Å². The molecule has 0 atom stereocenters. The third kappa shape index (κ3) is 3.37. The lowest BCUT2D eigenvalue weighted by Crippen LogP contribution is -2.14. The summed E-state index contributed by atoms with van der Waals surface area (Å²) in [6.07, 6.45) is 2.95. The Balaban J connectivity index is 1.77. The van der Waals surface area contributed by atoms with Crippen LogP contribution in [-0.2, 0) is 6.18 Å². The summed E-state index contributed by atoms with van der Waals surface area (Å²) in [7, 11) is 0. The monoisotopic (exact) mass is 334 g/mol. The van der Waals surface area contributed by atoms with Crippen molar-refractivity contribution in [3.63, 3.8) is 0 Å². The Bertz CT molecular complexity index is 862. The number of nitrogens with one attached hydrogen (secondary N) is 1. The predicted octanol–water partition coefficient (Wildman–Crippen LogP) is 2.33. The predicted molar refractivity (Wildman–Crippen MR) is 76.3 cm³/mol. The molecule has 3 aromatic heterocycles. The molecule has 0 fully saturated rings. The van der Waals surface area contributed by atoms with Gasteiger partial charge in [-0.2, -0.15) is 18.3 Å². The summed E-state index contributed by atoms with van der Waals surface area (Å²) in [6, 6.07) is 2.36. The van der Waals surface area contributed by atoms with Gasteiger partial charge < -0.3 is 5.32 Å². The molecule has 3 heterocycles. The molecule has 1 N–H and O–H groups in total. The van der Waals surface area contributed by atoms with E-state index >= 15 is 0 Å². The van der Waals surface area contributed by atoms with Crippen molar-refractivity contribution in [2.75, 3.05) is 5.32 Å². The SMILES string of the molecule is O=C(Nc1cnn(-c2ncccn2)c1)c1cncc(C(F)(F)F)c1. The van der Waals surface area contributed by atoms with E-state index in [0.29, 0.717) is 12.1 Å². The van der Waals surface area contributed by atoms with E-state index in [2.05, 4.69) is 25.4 Å². The summed E-state index contributed by atoms with van der Waals surface area (Å²) in [5.74, 6) is -0.444. The highest BCUT2D eigenvalue weighted by Crippen LogP contribution is 2.29. The number of alkyl halides is 3. The lowest BCUT2D eigenvalue weighted by atomic mass is 10.2. The van der Waals surface area contributed by atoms with Crippen molar-refractivity contribution >= 4 is 11.6 Å². The number of pyridine rings is 1. The topological polar surface area (TPSA) is 85.6 Å². The van der Waals surface area contributed by atoms with Gasteiger partial charge in [0.25, 0.3) is 5.91 Å². The van der Waals surface area contributed by atoms with Crippen LogP contribution in [0, 0.1) is 0 Å². The zero-order valence-electron chi connectivity index (χ0n) is 11.9. The molecule has 0 unspecified atom stereocenters. The van der Waals surface area contributed by atoms with Gasteiger partial charge in [-0.15, -0.1) is 0 Å². The molecule has 0 aliphatic heterocycles. The molecule has 122 valence electrons. The second-order valence-electron chi connectivity index (χ2n) is 4.64. The van der Waals surface area contributed by atoms with Crippen LogP contribution in [0.25, 0.3) is 5.95 Å². The smallest absolute Gasteiger partial charge is 0.319 e. The van der Waals surface area contributed by atoms with E-state index in [1.165, 1.54) is 29.5 Å². The van der Waals surface area contributed by atoms with Gasteiger partial charge in [0.05, 0.1) is 29.2 Å². The lowest BCUT2D eigenvalue weighted by molar-refractivity contribution is -0.137. The van der Waals surface area contributed by atoms with Crippen LogP contribution in [0.4, 0.5) is 18.9 Å². The fourth-order valence-electron chi connectivity index (χ4n) is 1.83. The molecule has 0 aliphatic carbocycles. The summed E-state index contributed by atoms with van der Waals surface area (Å²) in [5, 5.41) is 6.41. The van der Waals surface area contributed by atoms with Crippen LogP contribution in [0.5, 0.6) is 0 Å². The van der Waals surface area contributed by atoms with Crippen molar-refractivity contribution in [2.24, 2.45) is 0 Å². The minimum Gasteiger partial charge on any atom is -0.319 e. The first-order chi connectivity index (χ1) is 11.4. The molecule has 7 nitrogen and oxygen atoms in total. The number of anilines is 1. The van der Waals surface area contributed by atoms with Gasteiger partial charge in [0, 0.05) is 24.8 Å². The molecule has 0 bridgehead atoms. The van der Waals surface area contributed by atoms with Gasteiger partial charge in [0.2, 0.25) is 5.95 Å². The fourth-order valence-corrected chi connectivity index (χ4v) is 1.83. The first-order valence-corrected chi connectivity index (χ1v) is 6.59. The second kappa shape index (κ2) is 6.07. The molecular formula is C14H9F3N6O. The van der Waals surface area contributed by atoms with E-state index < -0.39 is 17.6 Å². The standard InChI is InChI=1S/C14H9F3N6O/c15-14(16,17)10-4-9(5-18-6-10)12(24)22-11-7-21-23(8-11)13-19-2-1-3-20-13/h1-8H,(H,22,24). The molecule has 24 heavy (non-hydrogen) atoms. The minimum absolute atomic E-state index is 0.214. The number of amides is 1. The molecule has 0 saturated heterocycles. The average Bonchev–Trinajstić information content (AvgIpc) is 3.03. The van der Waals surface area contributed by atoms with Crippen LogP contribution in [0.2, 0.25) is 0 Å². The second-order valence-corrected chi connectivity index (χ2v) is 4.64. The number of rotatable bonds is 3. The number of hydrogen-bond acceptors (Lipinski definition) is 5. The summed E-state index contributed by atoms with van der Waals surface area (Å²) in [5.41, 5.74) is -0.929. The summed E-state index contributed by atoms with van der Waals surface area (Å²) in [6.45, 7) is 0. The van der Waals surface area contributed by atoms with Gasteiger partial charge in [-0.05, 0) is 12.1 Å². The number of aromatic nitrogens is 5. The quantitative estimate of drug-likeness (QED) is 0.794. The fraction of sp³-hybridized carbons (Fsp3) is 0.0714. The summed E-state index contributed by atoms with van der Waals surface area (Å²) < 4.78 is 39.3. The van der Waals surface area contributed by atoms with E-state index in [-0.39, 0.29) is 11.3 Å². The van der Waals surface area contributed by atoms with Crippen molar-refractivity contribution in [1.29, 1.82) is 0 Å². The van der Waals surface area contributed by atoms with E-state index in [4.69, 9.17) is 0 Å². The highest BCUT2D eigenvalue weighted by molar-refractivity contribution is 6.04. The van der Waals surface area contributed by atoms with Gasteiger partial charge in [0.15, 0.2) is 0 Å². The molecule has 1 amide bonds. The minimum atomic E-state index is -4.57. The number of carbonyl (C=O) groups excluding carboxylic acids is 1. The Hall–Kier alpha value is -3.30. The largest absolute Gasteiger partial charge is 0.417 e. The summed E-state index contributed by atoms with van der Waals surface area (Å²) in [4.78, 5) is 23.5. The Kier molecular flexibility index (Phi) is 3.94. The molecule has 3 rings (SSSR count). The van der Waals surface area contributed by atoms with Crippen LogP contribution < -0.4 is 5.32 Å². The summed E-state index contributed by atoms with van der Waals surface area (Å²) >= 11 is 0. The van der Waals surface area contributed by atoms with E-state index in [1.54, 1.807) is 6.07 Å². The number of carbonyl (C=O) groups is 1. The molecular weight excluding hydrogens is 325 g/mol. The third-order valence-corrected chi connectivity index (χ3v) is 2.93. The van der Waals surface area contributed by atoms with E-state index in [0.717, 1.165) is 12.3 Å².